The lowest BCUT2D eigenvalue weighted by atomic mass is 10.2. The SMILES string of the molecule is Cc1ccc(S(=O)(=O)Nc2cccc(C(=O)O)c2Br)cc1. The van der Waals surface area contributed by atoms with E-state index in [1.807, 2.05) is 6.92 Å². The highest BCUT2D eigenvalue weighted by Crippen LogP contribution is 2.28. The van der Waals surface area contributed by atoms with Crippen LogP contribution in [-0.2, 0) is 10.0 Å². The van der Waals surface area contributed by atoms with Crippen LogP contribution in [0.25, 0.3) is 0 Å². The fraction of sp³-hybridized carbons (Fsp3) is 0.0714. The molecule has 0 aromatic heterocycles. The van der Waals surface area contributed by atoms with E-state index >= 15 is 0 Å². The molecule has 0 amide bonds. The van der Waals surface area contributed by atoms with E-state index in [9.17, 15) is 13.2 Å². The van der Waals surface area contributed by atoms with Crippen LogP contribution in [0.1, 0.15) is 15.9 Å². The maximum Gasteiger partial charge on any atom is 0.336 e. The largest absolute Gasteiger partial charge is 0.478 e. The van der Waals surface area contributed by atoms with Crippen molar-refractivity contribution in [3.05, 3.63) is 58.1 Å². The Bertz CT molecular complexity index is 785. The molecule has 110 valence electrons. The number of carboxylic acids is 1. The Morgan fingerprint density at radius 1 is 1.14 bits per heavy atom. The van der Waals surface area contributed by atoms with Gasteiger partial charge in [0, 0.05) is 0 Å². The van der Waals surface area contributed by atoms with E-state index in [4.69, 9.17) is 5.11 Å². The molecule has 5 nitrogen and oxygen atoms in total. The molecule has 7 heteroatoms. The standard InChI is InChI=1S/C14H12BrNO4S/c1-9-5-7-10(8-6-9)21(19,20)16-12-4-2-3-11(13(12)15)14(17)18/h2-8,16H,1H3,(H,17,18). The number of carbonyl (C=O) groups is 1. The van der Waals surface area contributed by atoms with Crippen molar-refractivity contribution < 1.29 is 18.3 Å². The van der Waals surface area contributed by atoms with Gasteiger partial charge < -0.3 is 5.11 Å². The molecule has 0 saturated carbocycles. The van der Waals surface area contributed by atoms with E-state index in [1.54, 1.807) is 12.1 Å². The third-order valence-electron chi connectivity index (χ3n) is 2.80. The molecule has 2 N–H and O–H groups in total. The highest BCUT2D eigenvalue weighted by molar-refractivity contribution is 9.10. The molecule has 2 aromatic carbocycles. The average molecular weight is 370 g/mol. The summed E-state index contributed by atoms with van der Waals surface area (Å²) in [5.74, 6) is -1.14. The summed E-state index contributed by atoms with van der Waals surface area (Å²) in [6.07, 6.45) is 0. The Labute approximate surface area is 130 Å². The van der Waals surface area contributed by atoms with Crippen LogP contribution in [0.4, 0.5) is 5.69 Å². The van der Waals surface area contributed by atoms with Crippen LogP contribution < -0.4 is 4.72 Å². The molecule has 2 aromatic rings. The fourth-order valence-electron chi connectivity index (χ4n) is 1.70. The van der Waals surface area contributed by atoms with Gasteiger partial charge >= 0.3 is 5.97 Å². The summed E-state index contributed by atoms with van der Waals surface area (Å²) in [5.41, 5.74) is 1.11. The smallest absolute Gasteiger partial charge is 0.336 e. The van der Waals surface area contributed by atoms with Crippen molar-refractivity contribution in [3.63, 3.8) is 0 Å². The third kappa shape index (κ3) is 3.43. The average Bonchev–Trinajstić information content (AvgIpc) is 2.41. The van der Waals surface area contributed by atoms with Crippen molar-refractivity contribution in [3.8, 4) is 0 Å². The van der Waals surface area contributed by atoms with E-state index in [1.165, 1.54) is 30.3 Å². The topological polar surface area (TPSA) is 83.5 Å². The summed E-state index contributed by atoms with van der Waals surface area (Å²) in [4.78, 5) is 11.2. The number of anilines is 1. The van der Waals surface area contributed by atoms with Crippen LogP contribution in [0.3, 0.4) is 0 Å². The Morgan fingerprint density at radius 2 is 1.76 bits per heavy atom. The van der Waals surface area contributed by atoms with Crippen LogP contribution >= 0.6 is 15.9 Å². The summed E-state index contributed by atoms with van der Waals surface area (Å²) < 4.78 is 27.1. The number of carboxylic acid groups (broad SMARTS) is 1. The molecular weight excluding hydrogens is 358 g/mol. The molecule has 2 rings (SSSR count). The predicted molar refractivity (Wildman–Crippen MR) is 83.1 cm³/mol. The van der Waals surface area contributed by atoms with E-state index in [2.05, 4.69) is 20.7 Å². The number of halogens is 1. The van der Waals surface area contributed by atoms with Crippen molar-refractivity contribution in [1.29, 1.82) is 0 Å². The first-order valence-corrected chi connectivity index (χ1v) is 8.20. The van der Waals surface area contributed by atoms with Crippen molar-refractivity contribution in [2.75, 3.05) is 4.72 Å². The zero-order valence-electron chi connectivity index (χ0n) is 11.0. The Hall–Kier alpha value is -1.86. The van der Waals surface area contributed by atoms with Gasteiger partial charge in [0.1, 0.15) is 0 Å². The highest BCUT2D eigenvalue weighted by atomic mass is 79.9. The number of sulfonamides is 1. The minimum atomic E-state index is -3.77. The molecule has 0 heterocycles. The first-order chi connectivity index (χ1) is 9.81. The fourth-order valence-corrected chi connectivity index (χ4v) is 3.43. The van der Waals surface area contributed by atoms with Crippen LogP contribution in [0.2, 0.25) is 0 Å². The number of aromatic carboxylic acids is 1. The molecule has 0 aliphatic carbocycles. The summed E-state index contributed by atoms with van der Waals surface area (Å²) >= 11 is 3.11. The van der Waals surface area contributed by atoms with Gasteiger partial charge in [0.25, 0.3) is 10.0 Å². The predicted octanol–water partition coefficient (Wildman–Crippen LogP) is 3.26. The highest BCUT2D eigenvalue weighted by Gasteiger charge is 2.18. The number of hydrogen-bond acceptors (Lipinski definition) is 3. The van der Waals surface area contributed by atoms with E-state index in [-0.39, 0.29) is 20.6 Å². The molecule has 0 atom stereocenters. The lowest BCUT2D eigenvalue weighted by Crippen LogP contribution is -2.14. The number of aryl methyl sites for hydroxylation is 1. The van der Waals surface area contributed by atoms with Crippen LogP contribution in [0, 0.1) is 6.92 Å². The summed E-state index contributed by atoms with van der Waals surface area (Å²) in [6, 6.07) is 10.7. The Kier molecular flexibility index (Phi) is 4.34. The first kappa shape index (κ1) is 15.5. The lowest BCUT2D eigenvalue weighted by Gasteiger charge is -2.11. The number of rotatable bonds is 4. The molecule has 21 heavy (non-hydrogen) atoms. The van der Waals surface area contributed by atoms with Gasteiger partial charge in [0.2, 0.25) is 0 Å². The van der Waals surface area contributed by atoms with Gasteiger partial charge in [-0.15, -0.1) is 0 Å². The molecule has 0 spiro atoms. The Morgan fingerprint density at radius 3 is 2.33 bits per heavy atom. The maximum atomic E-state index is 12.3. The van der Waals surface area contributed by atoms with Gasteiger partial charge in [-0.3, -0.25) is 4.72 Å². The van der Waals surface area contributed by atoms with E-state index < -0.39 is 16.0 Å². The minimum absolute atomic E-state index is 0.0147. The zero-order valence-corrected chi connectivity index (χ0v) is 13.4. The second kappa shape index (κ2) is 5.87. The second-order valence-electron chi connectivity index (χ2n) is 4.39. The molecular formula is C14H12BrNO4S. The molecule has 0 aliphatic rings. The van der Waals surface area contributed by atoms with Crippen LogP contribution in [0.15, 0.2) is 51.8 Å². The molecule has 0 saturated heterocycles. The number of nitrogens with one attached hydrogen (secondary N) is 1. The molecule has 0 bridgehead atoms. The minimum Gasteiger partial charge on any atom is -0.478 e. The first-order valence-electron chi connectivity index (χ1n) is 5.92. The molecule has 0 radical (unpaired) electrons. The molecule has 0 unspecified atom stereocenters. The quantitative estimate of drug-likeness (QED) is 0.866. The molecule has 0 fully saturated rings. The monoisotopic (exact) mass is 369 g/mol. The molecule has 0 aliphatic heterocycles. The Balaban J connectivity index is 2.39. The van der Waals surface area contributed by atoms with Gasteiger partial charge in [-0.05, 0) is 47.1 Å². The van der Waals surface area contributed by atoms with E-state index in [0.717, 1.165) is 5.56 Å². The number of hydrogen-bond donors (Lipinski definition) is 2. The van der Waals surface area contributed by atoms with Crippen molar-refractivity contribution in [2.45, 2.75) is 11.8 Å². The normalized spacial score (nSPS) is 11.1. The van der Waals surface area contributed by atoms with Gasteiger partial charge in [0.15, 0.2) is 0 Å². The van der Waals surface area contributed by atoms with E-state index in [0.29, 0.717) is 0 Å². The van der Waals surface area contributed by atoms with Gasteiger partial charge in [-0.2, -0.15) is 0 Å². The van der Waals surface area contributed by atoms with Gasteiger partial charge in [0.05, 0.1) is 20.6 Å². The second-order valence-corrected chi connectivity index (χ2v) is 6.87. The third-order valence-corrected chi connectivity index (χ3v) is 5.04. The zero-order chi connectivity index (χ0) is 15.6. The summed E-state index contributed by atoms with van der Waals surface area (Å²) in [7, 11) is -3.77. The maximum absolute atomic E-state index is 12.3. The van der Waals surface area contributed by atoms with Crippen molar-refractivity contribution in [1.82, 2.24) is 0 Å². The van der Waals surface area contributed by atoms with Gasteiger partial charge in [-0.25, -0.2) is 13.2 Å². The summed E-state index contributed by atoms with van der Waals surface area (Å²) in [6.45, 7) is 1.86. The van der Waals surface area contributed by atoms with Gasteiger partial charge in [-0.1, -0.05) is 23.8 Å². The van der Waals surface area contributed by atoms with Crippen LogP contribution in [0.5, 0.6) is 0 Å². The lowest BCUT2D eigenvalue weighted by molar-refractivity contribution is 0.0696. The van der Waals surface area contributed by atoms with Crippen LogP contribution in [-0.4, -0.2) is 19.5 Å². The number of benzene rings is 2. The summed E-state index contributed by atoms with van der Waals surface area (Å²) in [5, 5.41) is 9.03. The van der Waals surface area contributed by atoms with Crippen molar-refractivity contribution >= 4 is 37.6 Å². The van der Waals surface area contributed by atoms with Crippen molar-refractivity contribution in [2.24, 2.45) is 0 Å².